The Balaban J connectivity index is 2.87. The van der Waals surface area contributed by atoms with Gasteiger partial charge in [-0.3, -0.25) is 4.79 Å². The van der Waals surface area contributed by atoms with E-state index in [2.05, 4.69) is 56.5 Å². The third kappa shape index (κ3) is 3.47. The molecule has 1 aromatic carbocycles. The number of hydrogen-bond acceptors (Lipinski definition) is 2. The van der Waals surface area contributed by atoms with Crippen molar-refractivity contribution in [2.24, 2.45) is 0 Å². The quantitative estimate of drug-likeness (QED) is 0.607. The van der Waals surface area contributed by atoms with Gasteiger partial charge in [0.1, 0.15) is 0 Å². The Morgan fingerprint density at radius 3 is 2.92 bits per heavy atom. The van der Waals surface area contributed by atoms with Crippen molar-refractivity contribution in [1.82, 2.24) is 0 Å². The van der Waals surface area contributed by atoms with Crippen LogP contribution in [0.4, 0.5) is 5.69 Å². The summed E-state index contributed by atoms with van der Waals surface area (Å²) in [4.78, 5) is 11.0. The van der Waals surface area contributed by atoms with E-state index in [0.29, 0.717) is 0 Å². The normalized spacial score (nSPS) is 9.77. The monoisotopic (exact) mass is 371 g/mol. The standard InChI is InChI=1S/C8H7BrINOS/c9-5-1-2-6(10)7(3-5)11-8(12)4-13/h1-3,13H,4H2,(H,11,12). The average Bonchev–Trinajstić information content (AvgIpc) is 2.11. The number of halogens is 2. The summed E-state index contributed by atoms with van der Waals surface area (Å²) < 4.78 is 1.96. The van der Waals surface area contributed by atoms with Gasteiger partial charge >= 0.3 is 0 Å². The molecule has 2 nitrogen and oxygen atoms in total. The predicted octanol–water partition coefficient (Wildman–Crippen LogP) is 2.92. The minimum Gasteiger partial charge on any atom is -0.324 e. The molecule has 0 saturated carbocycles. The molecule has 70 valence electrons. The van der Waals surface area contributed by atoms with Crippen LogP contribution in [-0.4, -0.2) is 11.7 Å². The van der Waals surface area contributed by atoms with Crippen LogP contribution in [0, 0.1) is 3.57 Å². The van der Waals surface area contributed by atoms with Crippen LogP contribution >= 0.6 is 51.1 Å². The summed E-state index contributed by atoms with van der Waals surface area (Å²) in [7, 11) is 0. The lowest BCUT2D eigenvalue weighted by Gasteiger charge is -2.05. The fraction of sp³-hybridized carbons (Fsp3) is 0.125. The van der Waals surface area contributed by atoms with Crippen LogP contribution < -0.4 is 5.32 Å². The maximum Gasteiger partial charge on any atom is 0.234 e. The van der Waals surface area contributed by atoms with Crippen LogP contribution in [0.5, 0.6) is 0 Å². The van der Waals surface area contributed by atoms with Crippen molar-refractivity contribution in [3.05, 3.63) is 26.2 Å². The molecule has 0 saturated heterocycles. The van der Waals surface area contributed by atoms with E-state index in [4.69, 9.17) is 0 Å². The molecule has 0 fully saturated rings. The summed E-state index contributed by atoms with van der Waals surface area (Å²) in [5.41, 5.74) is 0.814. The fourth-order valence-corrected chi connectivity index (χ4v) is 1.69. The summed E-state index contributed by atoms with van der Waals surface area (Å²) in [5.74, 6) is 0.0992. The van der Waals surface area contributed by atoms with E-state index < -0.39 is 0 Å². The van der Waals surface area contributed by atoms with Gasteiger partial charge in [0.2, 0.25) is 5.91 Å². The van der Waals surface area contributed by atoms with Crippen LogP contribution in [0.25, 0.3) is 0 Å². The van der Waals surface area contributed by atoms with E-state index in [9.17, 15) is 4.79 Å². The number of amides is 1. The third-order valence-electron chi connectivity index (χ3n) is 1.35. The van der Waals surface area contributed by atoms with E-state index in [1.807, 2.05) is 18.2 Å². The molecular weight excluding hydrogens is 365 g/mol. The minimum atomic E-state index is -0.0978. The highest BCUT2D eigenvalue weighted by molar-refractivity contribution is 14.1. The van der Waals surface area contributed by atoms with Crippen molar-refractivity contribution in [1.29, 1.82) is 0 Å². The molecule has 0 unspecified atom stereocenters. The molecule has 13 heavy (non-hydrogen) atoms. The zero-order chi connectivity index (χ0) is 9.84. The van der Waals surface area contributed by atoms with E-state index >= 15 is 0 Å². The first-order valence-electron chi connectivity index (χ1n) is 3.49. The molecule has 0 aliphatic carbocycles. The Morgan fingerprint density at radius 2 is 2.31 bits per heavy atom. The van der Waals surface area contributed by atoms with E-state index in [1.54, 1.807) is 0 Å². The number of nitrogens with one attached hydrogen (secondary N) is 1. The van der Waals surface area contributed by atoms with E-state index in [-0.39, 0.29) is 11.7 Å². The van der Waals surface area contributed by atoms with Crippen LogP contribution in [-0.2, 0) is 4.79 Å². The lowest BCUT2D eigenvalue weighted by atomic mass is 10.3. The highest BCUT2D eigenvalue weighted by Crippen LogP contribution is 2.22. The zero-order valence-corrected chi connectivity index (χ0v) is 11.2. The minimum absolute atomic E-state index is 0.0978. The number of thiol groups is 1. The second-order valence-electron chi connectivity index (χ2n) is 2.33. The van der Waals surface area contributed by atoms with Gasteiger partial charge in [-0.05, 0) is 40.8 Å². The summed E-state index contributed by atoms with van der Waals surface area (Å²) in [5, 5.41) is 2.75. The van der Waals surface area contributed by atoms with Gasteiger partial charge in [0.05, 0.1) is 11.4 Å². The average molecular weight is 372 g/mol. The van der Waals surface area contributed by atoms with E-state index in [0.717, 1.165) is 13.7 Å². The zero-order valence-electron chi connectivity index (χ0n) is 6.55. The van der Waals surface area contributed by atoms with Gasteiger partial charge in [0.25, 0.3) is 0 Å². The first kappa shape index (κ1) is 11.3. The van der Waals surface area contributed by atoms with Crippen LogP contribution in [0.15, 0.2) is 22.7 Å². The van der Waals surface area contributed by atoms with Crippen molar-refractivity contribution >= 4 is 62.7 Å². The van der Waals surface area contributed by atoms with Gasteiger partial charge in [0.15, 0.2) is 0 Å². The number of carbonyl (C=O) groups is 1. The maximum absolute atomic E-state index is 11.0. The van der Waals surface area contributed by atoms with Crippen LogP contribution in [0.3, 0.4) is 0 Å². The molecular formula is C8H7BrINOS. The molecule has 0 aliphatic heterocycles. The lowest BCUT2D eigenvalue weighted by Crippen LogP contribution is -2.13. The van der Waals surface area contributed by atoms with Gasteiger partial charge in [-0.15, -0.1) is 0 Å². The Morgan fingerprint density at radius 1 is 1.62 bits per heavy atom. The molecule has 1 N–H and O–H groups in total. The Hall–Kier alpha value is 0.250. The SMILES string of the molecule is O=C(CS)Nc1cc(Br)ccc1I. The van der Waals surface area contributed by atoms with Gasteiger partial charge in [-0.25, -0.2) is 0 Å². The van der Waals surface area contributed by atoms with Gasteiger partial charge in [-0.2, -0.15) is 12.6 Å². The van der Waals surface area contributed by atoms with Crippen LogP contribution in [0.1, 0.15) is 0 Å². The van der Waals surface area contributed by atoms with Crippen molar-refractivity contribution in [2.45, 2.75) is 0 Å². The van der Waals surface area contributed by atoms with E-state index in [1.165, 1.54) is 0 Å². The van der Waals surface area contributed by atoms with Crippen LogP contribution in [0.2, 0.25) is 0 Å². The molecule has 5 heteroatoms. The highest BCUT2D eigenvalue weighted by atomic mass is 127. The van der Waals surface area contributed by atoms with Crippen molar-refractivity contribution in [2.75, 3.05) is 11.1 Å². The predicted molar refractivity (Wildman–Crippen MR) is 69.3 cm³/mol. The molecule has 0 bridgehead atoms. The summed E-state index contributed by atoms with van der Waals surface area (Å²) in [6.07, 6.45) is 0. The summed E-state index contributed by atoms with van der Waals surface area (Å²) in [6, 6.07) is 5.72. The maximum atomic E-state index is 11.0. The van der Waals surface area contributed by atoms with Gasteiger partial charge < -0.3 is 5.32 Å². The molecule has 1 aromatic rings. The highest BCUT2D eigenvalue weighted by Gasteiger charge is 2.03. The molecule has 0 heterocycles. The summed E-state index contributed by atoms with van der Waals surface area (Å²) >= 11 is 9.38. The second-order valence-corrected chi connectivity index (χ2v) is 4.72. The third-order valence-corrected chi connectivity index (χ3v) is 3.07. The molecule has 0 atom stereocenters. The number of carbonyl (C=O) groups excluding carboxylic acids is 1. The van der Waals surface area contributed by atoms with Crippen molar-refractivity contribution in [3.63, 3.8) is 0 Å². The smallest absolute Gasteiger partial charge is 0.234 e. The Bertz CT molecular complexity index is 332. The summed E-state index contributed by atoms with van der Waals surface area (Å²) in [6.45, 7) is 0. The van der Waals surface area contributed by atoms with Crippen molar-refractivity contribution in [3.8, 4) is 0 Å². The first-order valence-corrected chi connectivity index (χ1v) is 5.99. The number of anilines is 1. The second kappa shape index (κ2) is 5.21. The molecule has 0 spiro atoms. The first-order chi connectivity index (χ1) is 6.13. The Kier molecular flexibility index (Phi) is 4.54. The number of rotatable bonds is 2. The largest absolute Gasteiger partial charge is 0.324 e. The van der Waals surface area contributed by atoms with Gasteiger partial charge in [0, 0.05) is 8.04 Å². The lowest BCUT2D eigenvalue weighted by molar-refractivity contribution is -0.113. The topological polar surface area (TPSA) is 29.1 Å². The fourth-order valence-electron chi connectivity index (χ4n) is 0.783. The molecule has 0 aliphatic rings. The van der Waals surface area contributed by atoms with Gasteiger partial charge in [-0.1, -0.05) is 15.9 Å². The molecule has 0 aromatic heterocycles. The Labute approximate surface area is 104 Å². The molecule has 0 radical (unpaired) electrons. The molecule has 1 amide bonds. The van der Waals surface area contributed by atoms with Crippen molar-refractivity contribution < 1.29 is 4.79 Å². The number of hydrogen-bond donors (Lipinski definition) is 2. The molecule has 1 rings (SSSR count). The number of benzene rings is 1.